The third kappa shape index (κ3) is 6.73. The molecule has 27 heavy (non-hydrogen) atoms. The van der Waals surface area contributed by atoms with Crippen LogP contribution in [0.5, 0.6) is 5.75 Å². The number of hydrogen-bond acceptors (Lipinski definition) is 3. The number of anilines is 1. The topological polar surface area (TPSA) is 58.6 Å². The van der Waals surface area contributed by atoms with E-state index in [1.165, 1.54) is 19.1 Å². The lowest BCUT2D eigenvalue weighted by molar-refractivity contribution is -0.121. The molecule has 0 aromatic heterocycles. The van der Waals surface area contributed by atoms with Crippen molar-refractivity contribution in [3.63, 3.8) is 0 Å². The summed E-state index contributed by atoms with van der Waals surface area (Å²) in [5.41, 5.74) is 1.48. The van der Waals surface area contributed by atoms with Gasteiger partial charge in [-0.15, -0.1) is 0 Å². The summed E-state index contributed by atoms with van der Waals surface area (Å²) in [5, 5.41) is 2.79. The van der Waals surface area contributed by atoms with Crippen molar-refractivity contribution in [3.8, 4) is 5.75 Å². The summed E-state index contributed by atoms with van der Waals surface area (Å²) >= 11 is 0. The van der Waals surface area contributed by atoms with Gasteiger partial charge in [-0.2, -0.15) is 0 Å². The Kier molecular flexibility index (Phi) is 7.34. The number of nitrogens with zero attached hydrogens (tertiary/aromatic N) is 1. The van der Waals surface area contributed by atoms with E-state index in [1.807, 2.05) is 38.1 Å². The van der Waals surface area contributed by atoms with Crippen LogP contribution in [0.15, 0.2) is 48.5 Å². The Balaban J connectivity index is 1.87. The summed E-state index contributed by atoms with van der Waals surface area (Å²) in [6.45, 7) is 6.06. The van der Waals surface area contributed by atoms with E-state index in [2.05, 4.69) is 5.32 Å². The normalized spacial score (nSPS) is 10.6. The summed E-state index contributed by atoms with van der Waals surface area (Å²) in [6.07, 6.45) is 0.248. The van der Waals surface area contributed by atoms with E-state index < -0.39 is 0 Å². The van der Waals surface area contributed by atoms with E-state index in [9.17, 15) is 14.0 Å². The average molecular weight is 372 g/mol. The maximum Gasteiger partial charge on any atom is 0.224 e. The fourth-order valence-electron chi connectivity index (χ4n) is 2.60. The lowest BCUT2D eigenvalue weighted by atomic mass is 10.1. The molecule has 0 saturated carbocycles. The van der Waals surface area contributed by atoms with Crippen LogP contribution in [0.1, 0.15) is 26.3 Å². The molecular weight excluding hydrogens is 347 g/mol. The second-order valence-corrected chi connectivity index (χ2v) is 6.48. The van der Waals surface area contributed by atoms with Crippen molar-refractivity contribution in [2.75, 3.05) is 18.0 Å². The van der Waals surface area contributed by atoms with Crippen LogP contribution in [0.4, 0.5) is 10.1 Å². The first kappa shape index (κ1) is 20.4. The summed E-state index contributed by atoms with van der Waals surface area (Å²) in [5.74, 6) is 0.122. The number of hydrogen-bond donors (Lipinski definition) is 1. The predicted molar refractivity (Wildman–Crippen MR) is 103 cm³/mol. The molecule has 1 N–H and O–H groups in total. The first-order chi connectivity index (χ1) is 12.8. The smallest absolute Gasteiger partial charge is 0.224 e. The molecule has 0 fully saturated rings. The van der Waals surface area contributed by atoms with Crippen molar-refractivity contribution in [1.82, 2.24) is 5.32 Å². The number of carbonyl (C=O) groups is 2. The Morgan fingerprint density at radius 1 is 1.07 bits per heavy atom. The van der Waals surface area contributed by atoms with Gasteiger partial charge in [0.25, 0.3) is 0 Å². The van der Waals surface area contributed by atoms with Gasteiger partial charge in [0.05, 0.1) is 12.5 Å². The van der Waals surface area contributed by atoms with E-state index >= 15 is 0 Å². The van der Waals surface area contributed by atoms with E-state index in [0.29, 0.717) is 13.1 Å². The van der Waals surface area contributed by atoms with Crippen LogP contribution < -0.4 is 15.0 Å². The van der Waals surface area contributed by atoms with Gasteiger partial charge in [-0.1, -0.05) is 12.1 Å². The average Bonchev–Trinajstić information content (AvgIpc) is 2.61. The minimum Gasteiger partial charge on any atom is -0.491 e. The van der Waals surface area contributed by atoms with Gasteiger partial charge in [0.2, 0.25) is 11.8 Å². The zero-order valence-electron chi connectivity index (χ0n) is 15.9. The molecule has 0 aliphatic rings. The first-order valence-electron chi connectivity index (χ1n) is 8.91. The van der Waals surface area contributed by atoms with Crippen molar-refractivity contribution in [3.05, 3.63) is 59.9 Å². The molecule has 5 nitrogen and oxygen atoms in total. The van der Waals surface area contributed by atoms with E-state index in [0.717, 1.165) is 17.0 Å². The summed E-state index contributed by atoms with van der Waals surface area (Å²) in [4.78, 5) is 25.6. The molecule has 0 spiro atoms. The van der Waals surface area contributed by atoms with Gasteiger partial charge in [-0.05, 0) is 55.8 Å². The molecular formula is C21H25FN2O3. The minimum atomic E-state index is -0.332. The molecule has 0 radical (unpaired) electrons. The van der Waals surface area contributed by atoms with Gasteiger partial charge in [0, 0.05) is 25.7 Å². The van der Waals surface area contributed by atoms with Crippen LogP contribution in [-0.2, 0) is 16.0 Å². The van der Waals surface area contributed by atoms with Crippen LogP contribution in [-0.4, -0.2) is 31.0 Å². The fraction of sp³-hybridized carbons (Fsp3) is 0.333. The maximum atomic E-state index is 12.9. The van der Waals surface area contributed by atoms with Gasteiger partial charge in [-0.3, -0.25) is 9.59 Å². The summed E-state index contributed by atoms with van der Waals surface area (Å²) < 4.78 is 18.5. The monoisotopic (exact) mass is 372 g/mol. The quantitative estimate of drug-likeness (QED) is 0.773. The largest absolute Gasteiger partial charge is 0.491 e. The van der Waals surface area contributed by atoms with E-state index in [-0.39, 0.29) is 30.2 Å². The van der Waals surface area contributed by atoms with Crippen LogP contribution in [0.25, 0.3) is 0 Å². The molecule has 0 heterocycles. The molecule has 0 atom stereocenters. The van der Waals surface area contributed by atoms with E-state index in [4.69, 9.17) is 4.74 Å². The lowest BCUT2D eigenvalue weighted by Crippen LogP contribution is -2.38. The number of amides is 2. The third-order valence-corrected chi connectivity index (χ3v) is 3.84. The third-order valence-electron chi connectivity index (χ3n) is 3.84. The van der Waals surface area contributed by atoms with Gasteiger partial charge >= 0.3 is 0 Å². The van der Waals surface area contributed by atoms with Crippen LogP contribution in [0.3, 0.4) is 0 Å². The minimum absolute atomic E-state index is 0.0797. The number of rotatable bonds is 8. The molecule has 2 aromatic rings. The molecule has 0 unspecified atom stereocenters. The molecule has 6 heteroatoms. The Hall–Kier alpha value is -2.89. The summed E-state index contributed by atoms with van der Waals surface area (Å²) in [6, 6.07) is 13.1. The number of halogens is 1. The van der Waals surface area contributed by atoms with E-state index in [1.54, 1.807) is 17.0 Å². The molecule has 2 aromatic carbocycles. The molecule has 0 saturated heterocycles. The van der Waals surface area contributed by atoms with Crippen molar-refractivity contribution >= 4 is 17.5 Å². The van der Waals surface area contributed by atoms with Crippen molar-refractivity contribution in [2.24, 2.45) is 0 Å². The Morgan fingerprint density at radius 2 is 1.70 bits per heavy atom. The second kappa shape index (κ2) is 9.71. The Morgan fingerprint density at radius 3 is 2.26 bits per heavy atom. The van der Waals surface area contributed by atoms with Crippen LogP contribution in [0.2, 0.25) is 0 Å². The standard InChI is InChI=1S/C21H25FN2O3/c1-15(2)27-20-10-8-19(9-11-20)24(16(3)25)13-12-23-21(26)14-17-4-6-18(22)7-5-17/h4-11,15H,12-14H2,1-3H3,(H,23,26). The second-order valence-electron chi connectivity index (χ2n) is 6.48. The zero-order chi connectivity index (χ0) is 19.8. The Labute approximate surface area is 159 Å². The fourth-order valence-corrected chi connectivity index (χ4v) is 2.60. The summed E-state index contributed by atoms with van der Waals surface area (Å²) in [7, 11) is 0. The maximum absolute atomic E-state index is 12.9. The highest BCUT2D eigenvalue weighted by atomic mass is 19.1. The zero-order valence-corrected chi connectivity index (χ0v) is 15.9. The van der Waals surface area contributed by atoms with Crippen molar-refractivity contribution in [1.29, 1.82) is 0 Å². The Bertz CT molecular complexity index is 758. The predicted octanol–water partition coefficient (Wildman–Crippen LogP) is 3.32. The van der Waals surface area contributed by atoms with Gasteiger partial charge in [0.15, 0.2) is 0 Å². The number of ether oxygens (including phenoxy) is 1. The van der Waals surface area contributed by atoms with Crippen molar-refractivity contribution in [2.45, 2.75) is 33.3 Å². The number of carbonyl (C=O) groups excluding carboxylic acids is 2. The SMILES string of the molecule is CC(=O)N(CCNC(=O)Cc1ccc(F)cc1)c1ccc(OC(C)C)cc1. The van der Waals surface area contributed by atoms with Gasteiger partial charge in [0.1, 0.15) is 11.6 Å². The van der Waals surface area contributed by atoms with Gasteiger partial charge < -0.3 is 15.0 Å². The molecule has 2 rings (SSSR count). The van der Waals surface area contributed by atoms with Crippen LogP contribution >= 0.6 is 0 Å². The first-order valence-corrected chi connectivity index (χ1v) is 8.91. The lowest BCUT2D eigenvalue weighted by Gasteiger charge is -2.22. The molecule has 0 aliphatic heterocycles. The molecule has 0 bridgehead atoms. The highest BCUT2D eigenvalue weighted by molar-refractivity contribution is 5.91. The number of nitrogens with one attached hydrogen (secondary N) is 1. The molecule has 0 aliphatic carbocycles. The number of benzene rings is 2. The molecule has 144 valence electrons. The molecule has 2 amide bonds. The highest BCUT2D eigenvalue weighted by Crippen LogP contribution is 2.20. The van der Waals surface area contributed by atoms with Crippen LogP contribution in [0, 0.1) is 5.82 Å². The van der Waals surface area contributed by atoms with Crippen molar-refractivity contribution < 1.29 is 18.7 Å². The van der Waals surface area contributed by atoms with Gasteiger partial charge in [-0.25, -0.2) is 4.39 Å². The highest BCUT2D eigenvalue weighted by Gasteiger charge is 2.12.